The van der Waals surface area contributed by atoms with Crippen LogP contribution in [0.15, 0.2) is 36.5 Å². The van der Waals surface area contributed by atoms with E-state index in [1.807, 2.05) is 37.3 Å². The van der Waals surface area contributed by atoms with Crippen LogP contribution < -0.4 is 11.1 Å². The number of halogens is 1. The minimum Gasteiger partial charge on any atom is -0.398 e. The number of aromatic nitrogens is 1. The predicted molar refractivity (Wildman–Crippen MR) is 72.2 cm³/mol. The van der Waals surface area contributed by atoms with Gasteiger partial charge < -0.3 is 11.1 Å². The molecule has 1 heterocycles. The molecule has 0 bridgehead atoms. The van der Waals surface area contributed by atoms with Gasteiger partial charge in [0.15, 0.2) is 0 Å². The first-order chi connectivity index (χ1) is 8.16. The lowest BCUT2D eigenvalue weighted by molar-refractivity contribution is 1.11. The normalized spacial score (nSPS) is 10.2. The number of hydrogen-bond donors (Lipinski definition) is 2. The van der Waals surface area contributed by atoms with Crippen LogP contribution in [0.25, 0.3) is 0 Å². The molecule has 0 fully saturated rings. The fraction of sp³-hybridized carbons (Fsp3) is 0.154. The molecule has 1 aromatic carbocycles. The van der Waals surface area contributed by atoms with E-state index in [1.54, 1.807) is 6.20 Å². The average Bonchev–Trinajstić information content (AvgIpc) is 2.32. The van der Waals surface area contributed by atoms with Gasteiger partial charge in [-0.05, 0) is 24.1 Å². The fourth-order valence-electron chi connectivity index (χ4n) is 1.46. The zero-order valence-corrected chi connectivity index (χ0v) is 10.3. The van der Waals surface area contributed by atoms with Gasteiger partial charge in [-0.15, -0.1) is 0 Å². The second kappa shape index (κ2) is 5.06. The number of nitrogen functional groups attached to an aromatic ring is 1. The van der Waals surface area contributed by atoms with E-state index in [2.05, 4.69) is 10.3 Å². The molecule has 0 atom stereocenters. The molecule has 0 amide bonds. The van der Waals surface area contributed by atoms with Crippen molar-refractivity contribution in [3.8, 4) is 0 Å². The van der Waals surface area contributed by atoms with Gasteiger partial charge in [-0.1, -0.05) is 29.8 Å². The van der Waals surface area contributed by atoms with Crippen LogP contribution in [0.1, 0.15) is 11.1 Å². The Bertz CT molecular complexity index is 526. The molecule has 3 nitrogen and oxygen atoms in total. The van der Waals surface area contributed by atoms with Crippen molar-refractivity contribution in [2.45, 2.75) is 13.5 Å². The highest BCUT2D eigenvalue weighted by Gasteiger charge is 2.01. The minimum atomic E-state index is 0.634. The number of nitrogens with two attached hydrogens (primary N) is 1. The number of nitrogens with zero attached hydrogens (tertiary/aromatic N) is 1. The van der Waals surface area contributed by atoms with E-state index in [4.69, 9.17) is 17.3 Å². The second-order valence-electron chi connectivity index (χ2n) is 3.87. The van der Waals surface area contributed by atoms with Crippen molar-refractivity contribution in [2.24, 2.45) is 0 Å². The summed E-state index contributed by atoms with van der Waals surface area (Å²) in [6.07, 6.45) is 1.75. The molecule has 1 aromatic heterocycles. The number of anilines is 2. The number of nitrogens with one attached hydrogen (secondary N) is 1. The lowest BCUT2D eigenvalue weighted by atomic mass is 10.2. The first-order valence-electron chi connectivity index (χ1n) is 5.36. The third-order valence-corrected chi connectivity index (χ3v) is 2.93. The molecule has 0 aliphatic heterocycles. The molecule has 0 saturated heterocycles. The molecule has 17 heavy (non-hydrogen) atoms. The number of rotatable bonds is 3. The Morgan fingerprint density at radius 3 is 2.82 bits per heavy atom. The van der Waals surface area contributed by atoms with Gasteiger partial charge in [0.2, 0.25) is 0 Å². The number of benzene rings is 1. The van der Waals surface area contributed by atoms with Gasteiger partial charge in [-0.2, -0.15) is 0 Å². The molecule has 0 spiro atoms. The Morgan fingerprint density at radius 1 is 1.35 bits per heavy atom. The smallest absolute Gasteiger partial charge is 0.128 e. The van der Waals surface area contributed by atoms with Crippen LogP contribution in [-0.2, 0) is 6.54 Å². The molecular weight excluding hydrogens is 234 g/mol. The second-order valence-corrected chi connectivity index (χ2v) is 4.28. The third kappa shape index (κ3) is 2.88. The van der Waals surface area contributed by atoms with Crippen LogP contribution in [0.3, 0.4) is 0 Å². The van der Waals surface area contributed by atoms with Crippen molar-refractivity contribution < 1.29 is 0 Å². The summed E-state index contributed by atoms with van der Waals surface area (Å²) in [5.74, 6) is 0.757. The van der Waals surface area contributed by atoms with Crippen LogP contribution in [0, 0.1) is 6.92 Å². The summed E-state index contributed by atoms with van der Waals surface area (Å²) in [6.45, 7) is 2.56. The maximum absolute atomic E-state index is 6.06. The Balaban J connectivity index is 2.08. The molecule has 4 heteroatoms. The van der Waals surface area contributed by atoms with Gasteiger partial charge in [0.1, 0.15) is 5.82 Å². The summed E-state index contributed by atoms with van der Waals surface area (Å²) in [6, 6.07) is 9.54. The molecule has 3 N–H and O–H groups in total. The van der Waals surface area contributed by atoms with Gasteiger partial charge in [0.25, 0.3) is 0 Å². The van der Waals surface area contributed by atoms with E-state index in [0.29, 0.717) is 6.54 Å². The zero-order valence-electron chi connectivity index (χ0n) is 9.57. The Kier molecular flexibility index (Phi) is 3.49. The van der Waals surface area contributed by atoms with Gasteiger partial charge in [-0.3, -0.25) is 0 Å². The summed E-state index contributed by atoms with van der Waals surface area (Å²) >= 11 is 6.06. The largest absolute Gasteiger partial charge is 0.398 e. The van der Waals surface area contributed by atoms with Crippen LogP contribution in [0.5, 0.6) is 0 Å². The molecule has 0 aliphatic rings. The van der Waals surface area contributed by atoms with E-state index < -0.39 is 0 Å². The first kappa shape index (κ1) is 11.7. The Hall–Kier alpha value is -1.74. The molecule has 0 aliphatic carbocycles. The molecule has 2 rings (SSSR count). The minimum absolute atomic E-state index is 0.634. The van der Waals surface area contributed by atoms with Gasteiger partial charge >= 0.3 is 0 Å². The van der Waals surface area contributed by atoms with Crippen molar-refractivity contribution in [1.29, 1.82) is 0 Å². The van der Waals surface area contributed by atoms with E-state index >= 15 is 0 Å². The molecule has 0 unspecified atom stereocenters. The number of hydrogen-bond acceptors (Lipinski definition) is 3. The van der Waals surface area contributed by atoms with E-state index in [-0.39, 0.29) is 0 Å². The monoisotopic (exact) mass is 247 g/mol. The molecule has 88 valence electrons. The van der Waals surface area contributed by atoms with Crippen LogP contribution in [0.4, 0.5) is 11.5 Å². The van der Waals surface area contributed by atoms with Gasteiger partial charge in [-0.25, -0.2) is 4.98 Å². The van der Waals surface area contributed by atoms with Gasteiger partial charge in [0.05, 0.1) is 0 Å². The Morgan fingerprint density at radius 2 is 2.12 bits per heavy atom. The topological polar surface area (TPSA) is 50.9 Å². The Labute approximate surface area is 106 Å². The SMILES string of the molecule is Cc1cnc(NCc2ccccc2Cl)cc1N. The summed E-state index contributed by atoms with van der Waals surface area (Å²) in [5, 5.41) is 3.94. The standard InChI is InChI=1S/C13H14ClN3/c1-9-7-16-13(6-12(9)15)17-8-10-4-2-3-5-11(10)14/h2-7H,8H2,1H3,(H3,15,16,17). The van der Waals surface area contributed by atoms with Crippen molar-refractivity contribution in [2.75, 3.05) is 11.1 Å². The number of pyridine rings is 1. The van der Waals surface area contributed by atoms with Crippen molar-refractivity contribution >= 4 is 23.1 Å². The van der Waals surface area contributed by atoms with Crippen molar-refractivity contribution in [1.82, 2.24) is 4.98 Å². The molecule has 0 saturated carbocycles. The summed E-state index contributed by atoms with van der Waals surface area (Å²) in [7, 11) is 0. The molecule has 2 aromatic rings. The van der Waals surface area contributed by atoms with E-state index in [0.717, 1.165) is 27.7 Å². The lowest BCUT2D eigenvalue weighted by Gasteiger charge is -2.08. The van der Waals surface area contributed by atoms with Crippen molar-refractivity contribution in [3.63, 3.8) is 0 Å². The highest BCUT2D eigenvalue weighted by Crippen LogP contribution is 2.18. The first-order valence-corrected chi connectivity index (χ1v) is 5.74. The maximum atomic E-state index is 6.06. The highest BCUT2D eigenvalue weighted by atomic mass is 35.5. The maximum Gasteiger partial charge on any atom is 0.128 e. The van der Waals surface area contributed by atoms with Crippen LogP contribution in [-0.4, -0.2) is 4.98 Å². The fourth-order valence-corrected chi connectivity index (χ4v) is 1.67. The average molecular weight is 248 g/mol. The van der Waals surface area contributed by atoms with Crippen molar-refractivity contribution in [3.05, 3.63) is 52.7 Å². The van der Waals surface area contributed by atoms with Crippen LogP contribution in [0.2, 0.25) is 5.02 Å². The zero-order chi connectivity index (χ0) is 12.3. The molecule has 0 radical (unpaired) electrons. The number of aryl methyl sites for hydroxylation is 1. The third-order valence-electron chi connectivity index (χ3n) is 2.56. The van der Waals surface area contributed by atoms with Gasteiger partial charge in [0, 0.05) is 29.5 Å². The van der Waals surface area contributed by atoms with E-state index in [9.17, 15) is 0 Å². The lowest BCUT2D eigenvalue weighted by Crippen LogP contribution is -2.03. The van der Waals surface area contributed by atoms with E-state index in [1.165, 1.54) is 0 Å². The quantitative estimate of drug-likeness (QED) is 0.876. The summed E-state index contributed by atoms with van der Waals surface area (Å²) in [5.41, 5.74) is 8.57. The predicted octanol–water partition coefficient (Wildman–Crippen LogP) is 3.24. The molecular formula is C13H14ClN3. The summed E-state index contributed by atoms with van der Waals surface area (Å²) in [4.78, 5) is 4.25. The summed E-state index contributed by atoms with van der Waals surface area (Å²) < 4.78 is 0. The van der Waals surface area contributed by atoms with Crippen LogP contribution >= 0.6 is 11.6 Å². The highest BCUT2D eigenvalue weighted by molar-refractivity contribution is 6.31.